The average molecular weight is 376 g/mol. The van der Waals surface area contributed by atoms with E-state index < -0.39 is 10.0 Å². The molecule has 0 radical (unpaired) electrons. The molecule has 2 aromatic rings. The zero-order valence-electron chi connectivity index (χ0n) is 15.2. The van der Waals surface area contributed by atoms with Crippen LogP contribution in [0, 0.1) is 6.92 Å². The Labute approximate surface area is 154 Å². The number of sulfonamides is 1. The van der Waals surface area contributed by atoms with Crippen LogP contribution in [0.25, 0.3) is 0 Å². The smallest absolute Gasteiger partial charge is 0.261 e. The van der Waals surface area contributed by atoms with E-state index in [9.17, 15) is 13.2 Å². The van der Waals surface area contributed by atoms with Crippen molar-refractivity contribution in [2.24, 2.45) is 0 Å². The zero-order chi connectivity index (χ0) is 19.2. The number of amides is 1. The molecule has 0 heterocycles. The molecule has 0 spiro atoms. The third-order valence-corrected chi connectivity index (χ3v) is 5.05. The number of rotatable bonds is 8. The van der Waals surface area contributed by atoms with E-state index in [1.807, 2.05) is 6.92 Å². The van der Waals surface area contributed by atoms with Gasteiger partial charge in [-0.3, -0.25) is 9.52 Å². The summed E-state index contributed by atoms with van der Waals surface area (Å²) in [4.78, 5) is 11.2. The molecular formula is C19H24N2O4S. The van der Waals surface area contributed by atoms with Gasteiger partial charge in [0.15, 0.2) is 0 Å². The third-order valence-electron chi connectivity index (χ3n) is 3.67. The SMILES string of the molecule is CCCCOc1ccc(S(=O)(=O)Nc2ccc(NC(C)=O)cc2)cc1C. The number of unbranched alkanes of at least 4 members (excludes halogenated alkanes) is 1. The van der Waals surface area contributed by atoms with Crippen molar-refractivity contribution in [2.45, 2.75) is 38.5 Å². The van der Waals surface area contributed by atoms with Crippen LogP contribution in [-0.4, -0.2) is 20.9 Å². The highest BCUT2D eigenvalue weighted by molar-refractivity contribution is 7.92. The lowest BCUT2D eigenvalue weighted by Crippen LogP contribution is -2.13. The van der Waals surface area contributed by atoms with Gasteiger partial charge < -0.3 is 10.1 Å². The molecule has 140 valence electrons. The van der Waals surface area contributed by atoms with Gasteiger partial charge in [-0.2, -0.15) is 0 Å². The number of nitrogens with one attached hydrogen (secondary N) is 2. The molecule has 0 aliphatic heterocycles. The Hall–Kier alpha value is -2.54. The van der Waals surface area contributed by atoms with Crippen LogP contribution in [-0.2, 0) is 14.8 Å². The molecule has 0 saturated carbocycles. The summed E-state index contributed by atoms with van der Waals surface area (Å²) in [5.41, 5.74) is 1.79. The molecule has 1 amide bonds. The second-order valence-corrected chi connectivity index (χ2v) is 7.68. The molecule has 0 aliphatic rings. The van der Waals surface area contributed by atoms with Crippen LogP contribution < -0.4 is 14.8 Å². The van der Waals surface area contributed by atoms with E-state index in [0.717, 1.165) is 18.4 Å². The Morgan fingerprint density at radius 1 is 1.08 bits per heavy atom. The molecule has 0 saturated heterocycles. The van der Waals surface area contributed by atoms with Gasteiger partial charge in [0.1, 0.15) is 5.75 Å². The van der Waals surface area contributed by atoms with Crippen LogP contribution in [0.3, 0.4) is 0 Å². The van der Waals surface area contributed by atoms with Gasteiger partial charge in [-0.05, 0) is 61.4 Å². The maximum Gasteiger partial charge on any atom is 0.261 e. The number of carbonyl (C=O) groups is 1. The molecular weight excluding hydrogens is 352 g/mol. The van der Waals surface area contributed by atoms with Crippen molar-refractivity contribution in [3.63, 3.8) is 0 Å². The Kier molecular flexibility index (Phi) is 6.63. The predicted octanol–water partition coefficient (Wildman–Crippen LogP) is 3.93. The monoisotopic (exact) mass is 376 g/mol. The van der Waals surface area contributed by atoms with Crippen LogP contribution in [0.4, 0.5) is 11.4 Å². The number of benzene rings is 2. The predicted molar refractivity (Wildman–Crippen MR) is 103 cm³/mol. The van der Waals surface area contributed by atoms with Crippen molar-refractivity contribution >= 4 is 27.3 Å². The fourth-order valence-corrected chi connectivity index (χ4v) is 3.46. The number of aryl methyl sites for hydroxylation is 1. The summed E-state index contributed by atoms with van der Waals surface area (Å²) in [6.45, 7) is 5.93. The number of anilines is 2. The first kappa shape index (κ1) is 19.8. The third kappa shape index (κ3) is 5.49. The highest BCUT2D eigenvalue weighted by atomic mass is 32.2. The van der Waals surface area contributed by atoms with E-state index >= 15 is 0 Å². The van der Waals surface area contributed by atoms with Crippen LogP contribution in [0.2, 0.25) is 0 Å². The van der Waals surface area contributed by atoms with E-state index in [2.05, 4.69) is 17.0 Å². The van der Waals surface area contributed by atoms with Gasteiger partial charge in [0.25, 0.3) is 10.0 Å². The minimum absolute atomic E-state index is 0.170. The molecule has 2 rings (SSSR count). The topological polar surface area (TPSA) is 84.5 Å². The summed E-state index contributed by atoms with van der Waals surface area (Å²) in [6.07, 6.45) is 1.99. The minimum Gasteiger partial charge on any atom is -0.493 e. The van der Waals surface area contributed by atoms with Gasteiger partial charge in [0.2, 0.25) is 5.91 Å². The summed E-state index contributed by atoms with van der Waals surface area (Å²) in [5.74, 6) is 0.507. The van der Waals surface area contributed by atoms with Crippen molar-refractivity contribution in [1.29, 1.82) is 0 Å². The lowest BCUT2D eigenvalue weighted by molar-refractivity contribution is -0.114. The molecule has 2 N–H and O–H groups in total. The lowest BCUT2D eigenvalue weighted by Gasteiger charge is -2.12. The highest BCUT2D eigenvalue weighted by Gasteiger charge is 2.16. The maximum atomic E-state index is 12.6. The molecule has 0 unspecified atom stereocenters. The first-order chi connectivity index (χ1) is 12.3. The number of ether oxygens (including phenoxy) is 1. The molecule has 0 bridgehead atoms. The van der Waals surface area contributed by atoms with Gasteiger partial charge in [-0.1, -0.05) is 13.3 Å². The van der Waals surface area contributed by atoms with Crippen molar-refractivity contribution in [2.75, 3.05) is 16.6 Å². The Balaban J connectivity index is 2.11. The van der Waals surface area contributed by atoms with Gasteiger partial charge in [0, 0.05) is 18.3 Å². The van der Waals surface area contributed by atoms with Crippen molar-refractivity contribution in [1.82, 2.24) is 0 Å². The molecule has 0 aromatic heterocycles. The molecule has 2 aromatic carbocycles. The number of carbonyl (C=O) groups excluding carboxylic acids is 1. The van der Waals surface area contributed by atoms with Crippen LogP contribution in [0.1, 0.15) is 32.3 Å². The first-order valence-corrected chi connectivity index (χ1v) is 9.94. The standard InChI is InChI=1S/C19H24N2O4S/c1-4-5-12-25-19-11-10-18(13-14(19)2)26(23,24)21-17-8-6-16(7-9-17)20-15(3)22/h6-11,13,21H,4-5,12H2,1-3H3,(H,20,22). The normalized spacial score (nSPS) is 11.0. The summed E-state index contributed by atoms with van der Waals surface area (Å²) < 4.78 is 33.3. The largest absolute Gasteiger partial charge is 0.493 e. The van der Waals surface area contributed by atoms with E-state index in [0.29, 0.717) is 23.7 Å². The summed E-state index contributed by atoms with van der Waals surface area (Å²) >= 11 is 0. The zero-order valence-corrected chi connectivity index (χ0v) is 16.0. The van der Waals surface area contributed by atoms with Crippen LogP contribution in [0.5, 0.6) is 5.75 Å². The highest BCUT2D eigenvalue weighted by Crippen LogP contribution is 2.24. The van der Waals surface area contributed by atoms with Crippen molar-refractivity contribution < 1.29 is 17.9 Å². The van der Waals surface area contributed by atoms with E-state index in [1.54, 1.807) is 36.4 Å². The number of hydrogen-bond acceptors (Lipinski definition) is 4. The van der Waals surface area contributed by atoms with Gasteiger partial charge >= 0.3 is 0 Å². The fourth-order valence-electron chi connectivity index (χ4n) is 2.32. The van der Waals surface area contributed by atoms with Crippen LogP contribution in [0.15, 0.2) is 47.4 Å². The molecule has 6 nitrogen and oxygen atoms in total. The molecule has 26 heavy (non-hydrogen) atoms. The van der Waals surface area contributed by atoms with E-state index in [4.69, 9.17) is 4.74 Å². The summed E-state index contributed by atoms with van der Waals surface area (Å²) in [6, 6.07) is 11.3. The Morgan fingerprint density at radius 2 is 1.73 bits per heavy atom. The van der Waals surface area contributed by atoms with Gasteiger partial charge in [0.05, 0.1) is 11.5 Å². The quantitative estimate of drug-likeness (QED) is 0.684. The van der Waals surface area contributed by atoms with E-state index in [-0.39, 0.29) is 10.8 Å². The van der Waals surface area contributed by atoms with Gasteiger partial charge in [-0.15, -0.1) is 0 Å². The summed E-state index contributed by atoms with van der Waals surface area (Å²) in [5, 5.41) is 2.63. The van der Waals surface area contributed by atoms with E-state index in [1.165, 1.54) is 13.0 Å². The Bertz CT molecular complexity index is 862. The van der Waals surface area contributed by atoms with Crippen LogP contribution >= 0.6 is 0 Å². The maximum absolute atomic E-state index is 12.6. The fraction of sp³-hybridized carbons (Fsp3) is 0.316. The second kappa shape index (κ2) is 8.71. The van der Waals surface area contributed by atoms with Crippen molar-refractivity contribution in [3.8, 4) is 5.75 Å². The van der Waals surface area contributed by atoms with Crippen molar-refractivity contribution in [3.05, 3.63) is 48.0 Å². The summed E-state index contributed by atoms with van der Waals surface area (Å²) in [7, 11) is -3.71. The molecule has 0 aliphatic carbocycles. The Morgan fingerprint density at radius 3 is 2.31 bits per heavy atom. The lowest BCUT2D eigenvalue weighted by atomic mass is 10.2. The molecule has 0 atom stereocenters. The minimum atomic E-state index is -3.71. The van der Waals surface area contributed by atoms with Gasteiger partial charge in [-0.25, -0.2) is 8.42 Å². The molecule has 0 fully saturated rings. The molecule has 7 heteroatoms. The average Bonchev–Trinajstić information content (AvgIpc) is 2.57. The first-order valence-electron chi connectivity index (χ1n) is 8.46. The number of hydrogen-bond donors (Lipinski definition) is 2. The second-order valence-electron chi connectivity index (χ2n) is 5.99.